The molecule has 1 amide bonds. The molecule has 0 bridgehead atoms. The van der Waals surface area contributed by atoms with Crippen LogP contribution < -0.4 is 5.56 Å². The van der Waals surface area contributed by atoms with Gasteiger partial charge < -0.3 is 14.6 Å². The summed E-state index contributed by atoms with van der Waals surface area (Å²) in [5.41, 5.74) is 0.377. The van der Waals surface area contributed by atoms with E-state index >= 15 is 0 Å². The number of benzene rings is 1. The molecule has 3 aromatic rings. The standard InChI is InChI=1S/C17H19N7O3/c25-16(10-24-11-18-21-22-24)23(8-12-4-3-7-27-12)9-15-19-14-6-2-1-5-13(14)17(26)20-15/h1-2,5-6,11-12H,3-4,7-10H2,(H,19,20,26). The molecule has 1 unspecified atom stereocenters. The van der Waals surface area contributed by atoms with E-state index in [1.807, 2.05) is 6.07 Å². The number of aromatic amines is 1. The summed E-state index contributed by atoms with van der Waals surface area (Å²) >= 11 is 0. The molecule has 1 atom stereocenters. The van der Waals surface area contributed by atoms with Crippen LogP contribution in [0, 0.1) is 0 Å². The second kappa shape index (κ2) is 7.62. The predicted octanol–water partition coefficient (Wildman–Crippen LogP) is 0.117. The minimum absolute atomic E-state index is 0.0114. The Hall–Kier alpha value is -3.14. The number of carbonyl (C=O) groups excluding carboxylic acids is 1. The zero-order chi connectivity index (χ0) is 18.6. The van der Waals surface area contributed by atoms with Crippen LogP contribution in [0.15, 0.2) is 35.4 Å². The Labute approximate surface area is 154 Å². The first kappa shape index (κ1) is 17.3. The first-order valence-electron chi connectivity index (χ1n) is 8.77. The number of H-pyrrole nitrogens is 1. The van der Waals surface area contributed by atoms with Crippen molar-refractivity contribution in [1.82, 2.24) is 35.1 Å². The lowest BCUT2D eigenvalue weighted by Crippen LogP contribution is -2.39. The molecule has 0 saturated carbocycles. The van der Waals surface area contributed by atoms with Crippen molar-refractivity contribution < 1.29 is 9.53 Å². The molecule has 0 radical (unpaired) electrons. The molecule has 3 heterocycles. The lowest BCUT2D eigenvalue weighted by atomic mass is 10.2. The maximum atomic E-state index is 12.8. The van der Waals surface area contributed by atoms with Crippen molar-refractivity contribution >= 4 is 16.8 Å². The number of ether oxygens (including phenoxy) is 1. The molecule has 1 aliphatic heterocycles. The highest BCUT2D eigenvalue weighted by Crippen LogP contribution is 2.15. The fourth-order valence-electron chi connectivity index (χ4n) is 3.17. The van der Waals surface area contributed by atoms with Crippen molar-refractivity contribution in [2.45, 2.75) is 32.0 Å². The lowest BCUT2D eigenvalue weighted by Gasteiger charge is -2.25. The van der Waals surface area contributed by atoms with Crippen LogP contribution >= 0.6 is 0 Å². The van der Waals surface area contributed by atoms with Crippen molar-refractivity contribution in [2.24, 2.45) is 0 Å². The molecule has 1 saturated heterocycles. The van der Waals surface area contributed by atoms with Crippen LogP contribution in [0.2, 0.25) is 0 Å². The molecular formula is C17H19N7O3. The molecule has 10 nitrogen and oxygen atoms in total. The number of aromatic nitrogens is 6. The van der Waals surface area contributed by atoms with E-state index in [0.29, 0.717) is 29.9 Å². The number of tetrazole rings is 1. The summed E-state index contributed by atoms with van der Waals surface area (Å²) in [6.07, 6.45) is 3.24. The molecule has 2 aromatic heterocycles. The Morgan fingerprint density at radius 1 is 1.37 bits per heavy atom. The predicted molar refractivity (Wildman–Crippen MR) is 94.6 cm³/mol. The fourth-order valence-corrected chi connectivity index (χ4v) is 3.17. The second-order valence-electron chi connectivity index (χ2n) is 6.45. The average Bonchev–Trinajstić information content (AvgIpc) is 3.35. The van der Waals surface area contributed by atoms with E-state index in [0.717, 1.165) is 12.8 Å². The summed E-state index contributed by atoms with van der Waals surface area (Å²) in [4.78, 5) is 34.0. The van der Waals surface area contributed by atoms with Crippen LogP contribution in [-0.4, -0.2) is 60.2 Å². The van der Waals surface area contributed by atoms with Gasteiger partial charge in [0.15, 0.2) is 0 Å². The van der Waals surface area contributed by atoms with Crippen LogP contribution in [0.3, 0.4) is 0 Å². The Kier molecular flexibility index (Phi) is 4.88. The Morgan fingerprint density at radius 2 is 2.26 bits per heavy atom. The Morgan fingerprint density at radius 3 is 3.04 bits per heavy atom. The number of hydrogen-bond donors (Lipinski definition) is 1. The van der Waals surface area contributed by atoms with E-state index in [-0.39, 0.29) is 30.7 Å². The fraction of sp³-hybridized carbons (Fsp3) is 0.412. The smallest absolute Gasteiger partial charge is 0.258 e. The van der Waals surface area contributed by atoms with Crippen molar-refractivity contribution in [3.05, 3.63) is 46.8 Å². The normalized spacial score (nSPS) is 16.7. The molecule has 1 aromatic carbocycles. The second-order valence-corrected chi connectivity index (χ2v) is 6.45. The van der Waals surface area contributed by atoms with E-state index < -0.39 is 0 Å². The highest BCUT2D eigenvalue weighted by atomic mass is 16.5. The van der Waals surface area contributed by atoms with Gasteiger partial charge in [0.2, 0.25) is 5.91 Å². The van der Waals surface area contributed by atoms with Gasteiger partial charge in [-0.2, -0.15) is 0 Å². The van der Waals surface area contributed by atoms with Crippen molar-refractivity contribution in [3.8, 4) is 0 Å². The molecular weight excluding hydrogens is 350 g/mol. The zero-order valence-electron chi connectivity index (χ0n) is 14.6. The third kappa shape index (κ3) is 4.00. The van der Waals surface area contributed by atoms with Gasteiger partial charge in [0.25, 0.3) is 5.56 Å². The molecule has 27 heavy (non-hydrogen) atoms. The molecule has 4 rings (SSSR count). The summed E-state index contributed by atoms with van der Waals surface area (Å²) in [6.45, 7) is 1.32. The van der Waals surface area contributed by atoms with Gasteiger partial charge in [0.1, 0.15) is 18.7 Å². The van der Waals surface area contributed by atoms with Gasteiger partial charge >= 0.3 is 0 Å². The van der Waals surface area contributed by atoms with Crippen molar-refractivity contribution in [2.75, 3.05) is 13.2 Å². The third-order valence-electron chi connectivity index (χ3n) is 4.49. The quantitative estimate of drug-likeness (QED) is 0.655. The van der Waals surface area contributed by atoms with Gasteiger partial charge in [-0.3, -0.25) is 9.59 Å². The number of carbonyl (C=O) groups is 1. The van der Waals surface area contributed by atoms with E-state index in [4.69, 9.17) is 4.74 Å². The minimum Gasteiger partial charge on any atom is -0.376 e. The molecule has 10 heteroatoms. The third-order valence-corrected chi connectivity index (χ3v) is 4.49. The van der Waals surface area contributed by atoms with Crippen molar-refractivity contribution in [1.29, 1.82) is 0 Å². The molecule has 1 aliphatic rings. The molecule has 140 valence electrons. The summed E-state index contributed by atoms with van der Waals surface area (Å²) < 4.78 is 7.03. The number of hydrogen-bond acceptors (Lipinski definition) is 7. The topological polar surface area (TPSA) is 119 Å². The van der Waals surface area contributed by atoms with Crippen molar-refractivity contribution in [3.63, 3.8) is 0 Å². The van der Waals surface area contributed by atoms with Crippen LogP contribution in [0.4, 0.5) is 0 Å². The maximum absolute atomic E-state index is 12.8. The number of para-hydroxylation sites is 1. The molecule has 0 aliphatic carbocycles. The molecule has 0 spiro atoms. The van der Waals surface area contributed by atoms with Crippen LogP contribution in [0.1, 0.15) is 18.7 Å². The van der Waals surface area contributed by atoms with Crippen LogP contribution in [-0.2, 0) is 22.6 Å². The highest BCUT2D eigenvalue weighted by molar-refractivity contribution is 5.77. The Bertz CT molecular complexity index is 980. The number of rotatable bonds is 6. The van der Waals surface area contributed by atoms with Crippen LogP contribution in [0.5, 0.6) is 0 Å². The maximum Gasteiger partial charge on any atom is 0.258 e. The van der Waals surface area contributed by atoms with Gasteiger partial charge in [-0.25, -0.2) is 9.67 Å². The summed E-state index contributed by atoms with van der Waals surface area (Å²) in [5, 5.41) is 11.3. The monoisotopic (exact) mass is 369 g/mol. The zero-order valence-corrected chi connectivity index (χ0v) is 14.6. The van der Waals surface area contributed by atoms with E-state index in [2.05, 4.69) is 25.5 Å². The SMILES string of the molecule is O=C(Cn1cnnn1)N(Cc1nc2ccccc2c(=O)[nH]1)CC1CCCO1. The van der Waals surface area contributed by atoms with Crippen LogP contribution in [0.25, 0.3) is 10.9 Å². The van der Waals surface area contributed by atoms with E-state index in [1.165, 1.54) is 11.0 Å². The van der Waals surface area contributed by atoms with Gasteiger partial charge in [-0.05, 0) is 35.4 Å². The number of nitrogens with one attached hydrogen (secondary N) is 1. The van der Waals surface area contributed by atoms with E-state index in [1.54, 1.807) is 23.1 Å². The summed E-state index contributed by atoms with van der Waals surface area (Å²) in [5.74, 6) is 0.260. The van der Waals surface area contributed by atoms with E-state index in [9.17, 15) is 9.59 Å². The molecule has 1 N–H and O–H groups in total. The Balaban J connectivity index is 1.57. The summed E-state index contributed by atoms with van der Waals surface area (Å²) in [7, 11) is 0. The van der Waals surface area contributed by atoms with Gasteiger partial charge in [-0.15, -0.1) is 5.10 Å². The molecule has 1 fully saturated rings. The first-order valence-corrected chi connectivity index (χ1v) is 8.77. The van der Waals surface area contributed by atoms with Gasteiger partial charge in [0, 0.05) is 13.2 Å². The highest BCUT2D eigenvalue weighted by Gasteiger charge is 2.24. The van der Waals surface area contributed by atoms with Gasteiger partial charge in [-0.1, -0.05) is 12.1 Å². The number of nitrogens with zero attached hydrogens (tertiary/aromatic N) is 6. The number of fused-ring (bicyclic) bond motifs is 1. The number of amides is 1. The average molecular weight is 369 g/mol. The van der Waals surface area contributed by atoms with Gasteiger partial charge in [0.05, 0.1) is 23.6 Å². The lowest BCUT2D eigenvalue weighted by molar-refractivity contribution is -0.134. The minimum atomic E-state index is -0.222. The summed E-state index contributed by atoms with van der Waals surface area (Å²) in [6, 6.07) is 7.11. The largest absolute Gasteiger partial charge is 0.376 e. The first-order chi connectivity index (χ1) is 13.2.